The molecular weight excluding hydrogens is 387 g/mol. The van der Waals surface area contributed by atoms with Gasteiger partial charge in [0.05, 0.1) is 29.0 Å². The van der Waals surface area contributed by atoms with Gasteiger partial charge in [-0.15, -0.1) is 0 Å². The number of carbonyl (C=O) groups excluding carboxylic acids is 1. The van der Waals surface area contributed by atoms with Crippen molar-refractivity contribution in [2.45, 2.75) is 6.54 Å². The fourth-order valence-corrected chi connectivity index (χ4v) is 2.31. The fourth-order valence-electron chi connectivity index (χ4n) is 2.31. The summed E-state index contributed by atoms with van der Waals surface area (Å²) >= 11 is 0. The van der Waals surface area contributed by atoms with E-state index in [4.69, 9.17) is 0 Å². The molecule has 144 valence electrons. The molecule has 0 saturated heterocycles. The van der Waals surface area contributed by atoms with Crippen molar-refractivity contribution in [3.63, 3.8) is 0 Å². The Labute approximate surface area is 152 Å². The molecule has 11 heteroatoms. The van der Waals surface area contributed by atoms with E-state index in [0.29, 0.717) is 5.52 Å². The van der Waals surface area contributed by atoms with Gasteiger partial charge in [0.15, 0.2) is 23.3 Å². The number of fused-ring (bicyclic) bond motifs is 1. The van der Waals surface area contributed by atoms with Gasteiger partial charge in [0.2, 0.25) is 5.82 Å². The molecule has 0 atom stereocenters. The molecule has 0 unspecified atom stereocenters. The Morgan fingerprint density at radius 2 is 1.64 bits per heavy atom. The zero-order valence-electron chi connectivity index (χ0n) is 13.7. The number of carbonyl (C=O) groups is 1. The molecular formula is C17H9F5N4O2. The first-order chi connectivity index (χ1) is 13.3. The number of hydrogen-bond donors (Lipinski definition) is 1. The smallest absolute Gasteiger partial charge is 0.261 e. The van der Waals surface area contributed by atoms with Crippen molar-refractivity contribution in [1.29, 1.82) is 0 Å². The Hall–Kier alpha value is -3.63. The van der Waals surface area contributed by atoms with Crippen LogP contribution in [0.3, 0.4) is 0 Å². The van der Waals surface area contributed by atoms with E-state index in [1.54, 1.807) is 18.2 Å². The molecule has 2 aromatic carbocycles. The Morgan fingerprint density at radius 1 is 1.04 bits per heavy atom. The van der Waals surface area contributed by atoms with Gasteiger partial charge in [0.1, 0.15) is 6.54 Å². The highest BCUT2D eigenvalue weighted by atomic mass is 19.2. The number of nitrogens with zero attached hydrogens (tertiary/aromatic N) is 3. The van der Waals surface area contributed by atoms with E-state index in [9.17, 15) is 31.5 Å². The highest BCUT2D eigenvalue weighted by Gasteiger charge is 2.24. The van der Waals surface area contributed by atoms with Gasteiger partial charge in [0, 0.05) is 0 Å². The Balaban J connectivity index is 1.77. The van der Waals surface area contributed by atoms with Crippen LogP contribution in [0.2, 0.25) is 0 Å². The summed E-state index contributed by atoms with van der Waals surface area (Å²) in [4.78, 5) is 28.1. The third-order valence-corrected chi connectivity index (χ3v) is 3.67. The first-order valence-corrected chi connectivity index (χ1v) is 7.58. The molecule has 0 bridgehead atoms. The third-order valence-electron chi connectivity index (χ3n) is 3.67. The van der Waals surface area contributed by atoms with E-state index in [1.807, 2.05) is 5.43 Å². The van der Waals surface area contributed by atoms with Crippen molar-refractivity contribution in [2.75, 3.05) is 0 Å². The van der Waals surface area contributed by atoms with E-state index < -0.39 is 52.7 Å². The topological polar surface area (TPSA) is 76.3 Å². The SMILES string of the molecule is O=C(Cn1cnc2ccccc2c1=O)NN=Cc1c(F)c(F)c(F)c(F)c1F. The van der Waals surface area contributed by atoms with Crippen molar-refractivity contribution in [1.82, 2.24) is 15.0 Å². The number of amides is 1. The predicted octanol–water partition coefficient (Wildman–Crippen LogP) is 2.24. The summed E-state index contributed by atoms with van der Waals surface area (Å²) in [6.45, 7) is -0.537. The van der Waals surface area contributed by atoms with Gasteiger partial charge in [-0.25, -0.2) is 32.4 Å². The molecule has 6 nitrogen and oxygen atoms in total. The molecule has 0 fully saturated rings. The Morgan fingerprint density at radius 3 is 2.32 bits per heavy atom. The summed E-state index contributed by atoms with van der Waals surface area (Å²) in [5.41, 5.74) is 0.430. The van der Waals surface area contributed by atoms with Crippen molar-refractivity contribution in [3.8, 4) is 0 Å². The van der Waals surface area contributed by atoms with Gasteiger partial charge in [-0.1, -0.05) is 12.1 Å². The van der Waals surface area contributed by atoms with E-state index in [2.05, 4.69) is 10.1 Å². The molecule has 0 aliphatic carbocycles. The number of hydrogen-bond acceptors (Lipinski definition) is 4. The van der Waals surface area contributed by atoms with Gasteiger partial charge in [-0.3, -0.25) is 14.2 Å². The van der Waals surface area contributed by atoms with Crippen LogP contribution >= 0.6 is 0 Å². The summed E-state index contributed by atoms with van der Waals surface area (Å²) in [5.74, 6) is -11.7. The molecule has 0 aliphatic rings. The van der Waals surface area contributed by atoms with Crippen LogP contribution in [0.4, 0.5) is 22.0 Å². The van der Waals surface area contributed by atoms with Gasteiger partial charge in [-0.05, 0) is 12.1 Å². The number of halogens is 5. The Kier molecular flexibility index (Phi) is 5.16. The van der Waals surface area contributed by atoms with Crippen LogP contribution in [0, 0.1) is 29.1 Å². The lowest BCUT2D eigenvalue weighted by Crippen LogP contribution is -2.30. The van der Waals surface area contributed by atoms with Gasteiger partial charge < -0.3 is 0 Å². The van der Waals surface area contributed by atoms with E-state index in [0.717, 1.165) is 10.9 Å². The molecule has 0 saturated carbocycles. The minimum atomic E-state index is -2.31. The number of para-hydroxylation sites is 1. The van der Waals surface area contributed by atoms with Gasteiger partial charge in [0.25, 0.3) is 11.5 Å². The normalized spacial score (nSPS) is 11.3. The van der Waals surface area contributed by atoms with Crippen molar-refractivity contribution >= 4 is 23.0 Å². The number of rotatable bonds is 4. The molecule has 1 aromatic heterocycles. The number of aromatic nitrogens is 2. The van der Waals surface area contributed by atoms with E-state index in [1.165, 1.54) is 6.07 Å². The van der Waals surface area contributed by atoms with E-state index in [-0.39, 0.29) is 11.6 Å². The highest BCUT2D eigenvalue weighted by Crippen LogP contribution is 2.21. The first kappa shape index (κ1) is 19.1. The zero-order valence-corrected chi connectivity index (χ0v) is 13.7. The van der Waals surface area contributed by atoms with Crippen LogP contribution in [0.25, 0.3) is 10.9 Å². The van der Waals surface area contributed by atoms with Gasteiger partial charge in [-0.2, -0.15) is 5.10 Å². The molecule has 28 heavy (non-hydrogen) atoms. The second-order valence-electron chi connectivity index (χ2n) is 5.47. The number of nitrogens with one attached hydrogen (secondary N) is 1. The maximum absolute atomic E-state index is 13.5. The molecule has 0 radical (unpaired) electrons. The monoisotopic (exact) mass is 396 g/mol. The minimum absolute atomic E-state index is 0.266. The van der Waals surface area contributed by atoms with Crippen molar-refractivity contribution in [3.05, 3.63) is 75.6 Å². The lowest BCUT2D eigenvalue weighted by atomic mass is 10.2. The second kappa shape index (κ2) is 7.55. The first-order valence-electron chi connectivity index (χ1n) is 7.58. The Bertz CT molecular complexity index is 1150. The second-order valence-corrected chi connectivity index (χ2v) is 5.47. The lowest BCUT2D eigenvalue weighted by Gasteiger charge is -2.06. The largest absolute Gasteiger partial charge is 0.289 e. The maximum Gasteiger partial charge on any atom is 0.261 e. The zero-order chi connectivity index (χ0) is 20.4. The third kappa shape index (κ3) is 3.46. The van der Waals surface area contributed by atoms with Crippen LogP contribution in [-0.2, 0) is 11.3 Å². The van der Waals surface area contributed by atoms with Crippen molar-refractivity contribution in [2.24, 2.45) is 5.10 Å². The summed E-state index contributed by atoms with van der Waals surface area (Å²) in [6, 6.07) is 6.42. The van der Waals surface area contributed by atoms with Crippen LogP contribution in [0.1, 0.15) is 5.56 Å². The van der Waals surface area contributed by atoms with Crippen LogP contribution in [0.15, 0.2) is 40.5 Å². The van der Waals surface area contributed by atoms with Crippen LogP contribution in [0.5, 0.6) is 0 Å². The summed E-state index contributed by atoms with van der Waals surface area (Å²) in [5, 5.41) is 3.43. The molecule has 1 heterocycles. The molecule has 3 aromatic rings. The van der Waals surface area contributed by atoms with E-state index >= 15 is 0 Å². The van der Waals surface area contributed by atoms with Crippen LogP contribution in [-0.4, -0.2) is 21.7 Å². The summed E-state index contributed by atoms with van der Waals surface area (Å²) in [6.07, 6.45) is 1.40. The highest BCUT2D eigenvalue weighted by molar-refractivity contribution is 5.83. The molecule has 0 aliphatic heterocycles. The number of benzene rings is 2. The minimum Gasteiger partial charge on any atom is -0.289 e. The lowest BCUT2D eigenvalue weighted by molar-refractivity contribution is -0.121. The van der Waals surface area contributed by atoms with Crippen LogP contribution < -0.4 is 11.0 Å². The molecule has 1 amide bonds. The molecule has 3 rings (SSSR count). The summed E-state index contributed by atoms with van der Waals surface area (Å²) in [7, 11) is 0. The average Bonchev–Trinajstić information content (AvgIpc) is 2.70. The molecule has 0 spiro atoms. The number of hydrazone groups is 1. The standard InChI is InChI=1S/C17H9F5N4O2/c18-12-9(13(19)15(21)16(22)14(12)20)5-24-25-11(27)6-26-7-23-10-4-2-1-3-8(10)17(26)28/h1-5,7H,6H2,(H,25,27). The average molecular weight is 396 g/mol. The fraction of sp³-hybridized carbons (Fsp3) is 0.0588. The van der Waals surface area contributed by atoms with Gasteiger partial charge >= 0.3 is 0 Å². The maximum atomic E-state index is 13.5. The van der Waals surface area contributed by atoms with Crippen molar-refractivity contribution < 1.29 is 26.7 Å². The molecule has 1 N–H and O–H groups in total. The quantitative estimate of drug-likeness (QED) is 0.242. The summed E-state index contributed by atoms with van der Waals surface area (Å²) < 4.78 is 67.1. The predicted molar refractivity (Wildman–Crippen MR) is 88.0 cm³/mol.